The normalized spacial score (nSPS) is 10.8. The Balaban J connectivity index is 0.000000846. The van der Waals surface area contributed by atoms with Crippen molar-refractivity contribution in [2.75, 3.05) is 25.5 Å². The summed E-state index contributed by atoms with van der Waals surface area (Å²) in [6, 6.07) is 8.05. The number of benzene rings is 1. The molecule has 0 spiro atoms. The van der Waals surface area contributed by atoms with Gasteiger partial charge in [0.1, 0.15) is 12.6 Å². The summed E-state index contributed by atoms with van der Waals surface area (Å²) in [5.41, 5.74) is 1.09. The first kappa shape index (κ1) is 27.3. The van der Waals surface area contributed by atoms with Crippen LogP contribution in [0, 0.1) is 6.20 Å². The van der Waals surface area contributed by atoms with Crippen molar-refractivity contribution >= 4 is 19.9 Å². The van der Waals surface area contributed by atoms with Gasteiger partial charge in [0.15, 0.2) is 0 Å². The number of amides is 2. The Labute approximate surface area is 189 Å². The summed E-state index contributed by atoms with van der Waals surface area (Å²) in [6.07, 6.45) is 6.15. The van der Waals surface area contributed by atoms with Crippen LogP contribution in [0.4, 0.5) is 4.79 Å². The number of likely N-dealkylation sites (N-methyl/N-ethyl adjacent to an activating group) is 1. The minimum atomic E-state index is -0.826. The molecule has 0 aliphatic heterocycles. The summed E-state index contributed by atoms with van der Waals surface area (Å²) in [5, 5.41) is 14.4. The Bertz CT molecular complexity index is 679. The number of hydrogen-bond donors (Lipinski definition) is 3. The van der Waals surface area contributed by atoms with Crippen molar-refractivity contribution in [3.63, 3.8) is 0 Å². The smallest absolute Gasteiger partial charge is 0.446 e. The molecule has 8 nitrogen and oxygen atoms in total. The van der Waals surface area contributed by atoms with E-state index >= 15 is 0 Å². The van der Waals surface area contributed by atoms with E-state index in [1.165, 1.54) is 25.5 Å². The van der Waals surface area contributed by atoms with E-state index in [9.17, 15) is 9.59 Å². The first-order chi connectivity index (χ1) is 13.5. The van der Waals surface area contributed by atoms with Gasteiger partial charge in [-0.05, 0) is 34.3 Å². The van der Waals surface area contributed by atoms with Crippen LogP contribution in [0.25, 0.3) is 0 Å². The molecule has 0 radical (unpaired) electrons. The number of hydrogen-bond acceptors (Lipinski definition) is 5. The van der Waals surface area contributed by atoms with Crippen molar-refractivity contribution in [1.82, 2.24) is 26.0 Å². The van der Waals surface area contributed by atoms with Crippen LogP contribution in [0.15, 0.2) is 30.3 Å². The molecule has 1 aromatic carbocycles. The zero-order valence-electron chi connectivity index (χ0n) is 17.2. The molecular weight excluding hydrogens is 574 g/mol. The molecule has 0 fully saturated rings. The van der Waals surface area contributed by atoms with E-state index in [-0.39, 0.29) is 42.8 Å². The number of nitrogens with one attached hydrogen (secondary N) is 3. The van der Waals surface area contributed by atoms with Gasteiger partial charge in [-0.2, -0.15) is 0 Å². The van der Waals surface area contributed by atoms with Crippen molar-refractivity contribution in [3.05, 3.63) is 47.8 Å². The fourth-order valence-electron chi connectivity index (χ4n) is 2.40. The fraction of sp³-hybridized carbons (Fsp3) is 0.474. The molecule has 10 heteroatoms. The second-order valence-corrected chi connectivity index (χ2v) is 9.51. The van der Waals surface area contributed by atoms with Crippen molar-refractivity contribution in [2.45, 2.75) is 33.4 Å². The molecular formula is C19H30AuN5O3P+. The Morgan fingerprint density at radius 3 is 2.24 bits per heavy atom. The van der Waals surface area contributed by atoms with Crippen LogP contribution in [-0.4, -0.2) is 52.9 Å². The van der Waals surface area contributed by atoms with Gasteiger partial charge in [-0.15, -0.1) is 5.21 Å². The van der Waals surface area contributed by atoms with Crippen LogP contribution in [-0.2, 0) is 38.5 Å². The first-order valence-corrected chi connectivity index (χ1v) is 11.5. The molecule has 0 saturated heterocycles. The van der Waals surface area contributed by atoms with Crippen LogP contribution in [0.3, 0.4) is 0 Å². The van der Waals surface area contributed by atoms with Crippen LogP contribution in [0.5, 0.6) is 0 Å². The molecule has 2 amide bonds. The topological polar surface area (TPSA) is 109 Å². The number of aromatic amines is 1. The molecule has 0 aliphatic rings. The number of carbonyl (C=O) groups is 2. The number of alkyl carbamates (subject to hydrolysis) is 1. The first-order valence-electron chi connectivity index (χ1n) is 9.36. The quantitative estimate of drug-likeness (QED) is 0.244. The summed E-state index contributed by atoms with van der Waals surface area (Å²) in [5.74, 6) is -0.340. The average molecular weight is 604 g/mol. The van der Waals surface area contributed by atoms with Crippen LogP contribution < -0.4 is 10.6 Å². The maximum Gasteiger partial charge on any atom is 1.00 e. The van der Waals surface area contributed by atoms with E-state index in [1.54, 1.807) is 24.3 Å². The van der Waals surface area contributed by atoms with Gasteiger partial charge in [-0.3, -0.25) is 9.89 Å². The van der Waals surface area contributed by atoms with Gasteiger partial charge in [0.2, 0.25) is 5.91 Å². The Kier molecular flexibility index (Phi) is 15.1. The Morgan fingerprint density at radius 2 is 1.79 bits per heavy atom. The number of H-pyrrole nitrogens is 1. The predicted octanol–water partition coefficient (Wildman–Crippen LogP) is 2.58. The summed E-state index contributed by atoms with van der Waals surface area (Å²) in [4.78, 5) is 23.6. The molecule has 0 aliphatic carbocycles. The zero-order valence-corrected chi connectivity index (χ0v) is 20.4. The number of carbonyl (C=O) groups excluding carboxylic acids is 2. The molecule has 164 valence electrons. The summed E-state index contributed by atoms with van der Waals surface area (Å²) in [7, 11) is 1.63. The van der Waals surface area contributed by atoms with E-state index in [0.717, 1.165) is 0 Å². The van der Waals surface area contributed by atoms with Gasteiger partial charge in [0.25, 0.3) is 0 Å². The molecule has 0 saturated carbocycles. The van der Waals surface area contributed by atoms with Gasteiger partial charge in [-0.25, -0.2) is 4.79 Å². The molecule has 0 bridgehead atoms. The fourth-order valence-corrected chi connectivity index (χ4v) is 3.90. The summed E-state index contributed by atoms with van der Waals surface area (Å²) >= 11 is 0. The number of ether oxygens (including phenoxy) is 1. The van der Waals surface area contributed by atoms with Gasteiger partial charge in [0.05, 0.1) is 18.5 Å². The van der Waals surface area contributed by atoms with E-state index in [1.807, 2.05) is 6.07 Å². The van der Waals surface area contributed by atoms with E-state index in [4.69, 9.17) is 4.74 Å². The largest absolute Gasteiger partial charge is 1.00 e. The van der Waals surface area contributed by atoms with Crippen molar-refractivity contribution < 1.29 is 36.7 Å². The molecule has 2 rings (SSSR count). The molecule has 1 aromatic heterocycles. The van der Waals surface area contributed by atoms with Gasteiger partial charge >= 0.3 is 28.5 Å². The maximum atomic E-state index is 11.9. The van der Waals surface area contributed by atoms with Crippen LogP contribution >= 0.6 is 7.92 Å². The Morgan fingerprint density at radius 1 is 1.17 bits per heavy atom. The second kappa shape index (κ2) is 16.1. The third-order valence-corrected chi connectivity index (χ3v) is 7.17. The van der Waals surface area contributed by atoms with Gasteiger partial charge in [0, 0.05) is 7.05 Å². The molecule has 1 atom stereocenters. The van der Waals surface area contributed by atoms with Gasteiger partial charge in [-0.1, -0.05) is 36.0 Å². The van der Waals surface area contributed by atoms with E-state index < -0.39 is 12.1 Å². The van der Waals surface area contributed by atoms with Gasteiger partial charge < -0.3 is 26.7 Å². The Hall–Kier alpha value is -1.73. The minimum absolute atomic E-state index is 0. The number of rotatable bonds is 8. The second-order valence-electron chi connectivity index (χ2n) is 5.89. The van der Waals surface area contributed by atoms with E-state index in [0.29, 0.717) is 11.3 Å². The summed E-state index contributed by atoms with van der Waals surface area (Å²) < 4.78 is 4.96. The summed E-state index contributed by atoms with van der Waals surface area (Å²) in [6.45, 7) is 6.86. The van der Waals surface area contributed by atoms with Crippen LogP contribution in [0.1, 0.15) is 38.1 Å². The molecule has 3 N–H and O–H groups in total. The monoisotopic (exact) mass is 604 g/mol. The number of aromatic nitrogens is 3. The number of nitrogens with zero attached hydrogens (tertiary/aromatic N) is 2. The maximum absolute atomic E-state index is 11.9. The molecule has 2 aromatic rings. The predicted molar refractivity (Wildman–Crippen MR) is 112 cm³/mol. The average Bonchev–Trinajstić information content (AvgIpc) is 3.26. The van der Waals surface area contributed by atoms with Crippen molar-refractivity contribution in [1.29, 1.82) is 0 Å². The SMILES string of the molecule is CC[PH+](CC)CC.CNC(=O)[C@H](NC(=O)OCc1[c-]nn[nH]1)c1ccccc1.[Au+]. The van der Waals surface area contributed by atoms with E-state index in [2.05, 4.69) is 53.0 Å². The molecule has 1 heterocycles. The third kappa shape index (κ3) is 10.6. The van der Waals surface area contributed by atoms with Crippen molar-refractivity contribution in [2.24, 2.45) is 0 Å². The molecule has 0 unspecified atom stereocenters. The third-order valence-electron chi connectivity index (χ3n) is 4.17. The zero-order chi connectivity index (χ0) is 20.8. The van der Waals surface area contributed by atoms with Crippen LogP contribution in [0.2, 0.25) is 0 Å². The standard InChI is InChI=1S/C13H14N5O3.C6H15P.Au/c1-14-12(19)11(9-5-3-2-4-6-9)16-13(20)21-8-10-7-15-18-17-10;1-4-7(5-2)6-3;/h2-6,11H,8H2,1H3,(H,14,19)(H,16,20)(H,15,17,18);4-6H2,1-3H3;/q-1;;+1/p+1/t11-;;/m1../s1. The minimum Gasteiger partial charge on any atom is -0.446 e. The molecule has 29 heavy (non-hydrogen) atoms. The van der Waals surface area contributed by atoms with Crippen molar-refractivity contribution in [3.8, 4) is 0 Å².